The second kappa shape index (κ2) is 54.7. The van der Waals surface area contributed by atoms with Crippen molar-refractivity contribution in [2.75, 3.05) is 13.2 Å². The minimum absolute atomic E-state index is 0.0743. The Kier molecular flexibility index (Phi) is 52.3. The molecule has 1 unspecified atom stereocenters. The zero-order valence-corrected chi connectivity index (χ0v) is 43.7. The van der Waals surface area contributed by atoms with Crippen LogP contribution in [0.1, 0.15) is 284 Å². The van der Waals surface area contributed by atoms with E-state index in [0.29, 0.717) is 19.3 Å². The summed E-state index contributed by atoms with van der Waals surface area (Å²) >= 11 is 0. The van der Waals surface area contributed by atoms with E-state index in [0.717, 1.165) is 96.3 Å². The Morgan fingerprint density at radius 1 is 0.318 bits per heavy atom. The van der Waals surface area contributed by atoms with Crippen molar-refractivity contribution in [3.63, 3.8) is 0 Å². The largest absolute Gasteiger partial charge is 0.462 e. The Bertz CT molecular complexity index is 1200. The number of unbranched alkanes of at least 4 members (excludes halogenated alkanes) is 30. The Morgan fingerprint density at radius 2 is 0.606 bits per heavy atom. The number of esters is 3. The van der Waals surface area contributed by atoms with Gasteiger partial charge in [-0.05, 0) is 77.0 Å². The highest BCUT2D eigenvalue weighted by atomic mass is 16.6. The quantitative estimate of drug-likeness (QED) is 0.0262. The summed E-state index contributed by atoms with van der Waals surface area (Å²) in [6, 6.07) is 0. The average molecular weight is 924 g/mol. The van der Waals surface area contributed by atoms with Crippen LogP contribution in [0.25, 0.3) is 0 Å². The molecule has 0 saturated heterocycles. The number of rotatable bonds is 51. The molecule has 0 radical (unpaired) electrons. The van der Waals surface area contributed by atoms with Crippen molar-refractivity contribution >= 4 is 17.9 Å². The third-order valence-corrected chi connectivity index (χ3v) is 12.3. The first kappa shape index (κ1) is 63.1. The molecule has 0 N–H and O–H groups in total. The van der Waals surface area contributed by atoms with Gasteiger partial charge in [0.15, 0.2) is 6.10 Å². The van der Waals surface area contributed by atoms with Crippen LogP contribution in [-0.2, 0) is 28.6 Å². The van der Waals surface area contributed by atoms with Crippen molar-refractivity contribution in [1.82, 2.24) is 0 Å². The molecule has 66 heavy (non-hydrogen) atoms. The zero-order valence-electron chi connectivity index (χ0n) is 43.7. The molecule has 0 amide bonds. The van der Waals surface area contributed by atoms with Gasteiger partial charge in [-0.25, -0.2) is 0 Å². The summed E-state index contributed by atoms with van der Waals surface area (Å²) in [7, 11) is 0. The summed E-state index contributed by atoms with van der Waals surface area (Å²) in [6.07, 6.45) is 68.0. The molecular weight excluding hydrogens is 817 g/mol. The van der Waals surface area contributed by atoms with Crippen molar-refractivity contribution in [2.24, 2.45) is 0 Å². The Morgan fingerprint density at radius 3 is 0.985 bits per heavy atom. The lowest BCUT2D eigenvalue weighted by Crippen LogP contribution is -2.30. The second-order valence-corrected chi connectivity index (χ2v) is 18.8. The summed E-state index contributed by atoms with van der Waals surface area (Å²) in [5.41, 5.74) is 0. The number of carbonyl (C=O) groups excluding carboxylic acids is 3. The van der Waals surface area contributed by atoms with E-state index in [1.807, 2.05) is 0 Å². The third kappa shape index (κ3) is 52.1. The van der Waals surface area contributed by atoms with Crippen molar-refractivity contribution in [3.8, 4) is 0 Å². The highest BCUT2D eigenvalue weighted by Crippen LogP contribution is 2.16. The molecule has 0 spiro atoms. The first-order valence-corrected chi connectivity index (χ1v) is 28.3. The smallest absolute Gasteiger partial charge is 0.306 e. The van der Waals surface area contributed by atoms with E-state index in [-0.39, 0.29) is 31.1 Å². The van der Waals surface area contributed by atoms with Crippen LogP contribution in [0.5, 0.6) is 0 Å². The normalized spacial score (nSPS) is 12.5. The maximum Gasteiger partial charge on any atom is 0.306 e. The molecule has 0 rings (SSSR count). The van der Waals surface area contributed by atoms with Gasteiger partial charge >= 0.3 is 17.9 Å². The molecule has 0 aliphatic rings. The van der Waals surface area contributed by atoms with Crippen LogP contribution in [0, 0.1) is 0 Å². The van der Waals surface area contributed by atoms with Crippen LogP contribution in [0.3, 0.4) is 0 Å². The van der Waals surface area contributed by atoms with Gasteiger partial charge in [-0.2, -0.15) is 0 Å². The van der Waals surface area contributed by atoms with Gasteiger partial charge < -0.3 is 14.2 Å². The Labute approximate surface area is 409 Å². The summed E-state index contributed by atoms with van der Waals surface area (Å²) in [5, 5.41) is 0. The molecule has 6 nitrogen and oxygen atoms in total. The van der Waals surface area contributed by atoms with Gasteiger partial charge in [0.25, 0.3) is 0 Å². The minimum atomic E-state index is -0.773. The fourth-order valence-corrected chi connectivity index (χ4v) is 8.00. The first-order valence-electron chi connectivity index (χ1n) is 28.3. The molecule has 0 aromatic heterocycles. The van der Waals surface area contributed by atoms with Crippen molar-refractivity contribution in [3.05, 3.63) is 60.8 Å². The maximum absolute atomic E-state index is 12.8. The number of hydrogen-bond donors (Lipinski definition) is 0. The molecule has 0 heterocycles. The van der Waals surface area contributed by atoms with Crippen LogP contribution in [0.4, 0.5) is 0 Å². The van der Waals surface area contributed by atoms with Crippen molar-refractivity contribution < 1.29 is 28.6 Å². The molecule has 0 aliphatic heterocycles. The average Bonchev–Trinajstić information content (AvgIpc) is 3.31. The van der Waals surface area contributed by atoms with Gasteiger partial charge in [0.2, 0.25) is 0 Å². The molecule has 0 aromatic carbocycles. The van der Waals surface area contributed by atoms with Crippen LogP contribution >= 0.6 is 0 Å². The van der Waals surface area contributed by atoms with Gasteiger partial charge in [0.1, 0.15) is 13.2 Å². The van der Waals surface area contributed by atoms with E-state index in [1.165, 1.54) is 148 Å². The number of ether oxygens (including phenoxy) is 3. The predicted molar refractivity (Wildman–Crippen MR) is 284 cm³/mol. The van der Waals surface area contributed by atoms with E-state index >= 15 is 0 Å². The number of allylic oxidation sites excluding steroid dienone is 10. The number of carbonyl (C=O) groups is 3. The molecular formula is C60H106O6. The highest BCUT2D eigenvalue weighted by molar-refractivity contribution is 5.71. The van der Waals surface area contributed by atoms with E-state index in [4.69, 9.17) is 14.2 Å². The van der Waals surface area contributed by atoms with Gasteiger partial charge in [0.05, 0.1) is 0 Å². The second-order valence-electron chi connectivity index (χ2n) is 18.8. The molecule has 0 saturated carbocycles. The molecule has 0 aliphatic carbocycles. The molecule has 0 bridgehead atoms. The molecule has 1 atom stereocenters. The number of hydrogen-bond acceptors (Lipinski definition) is 6. The maximum atomic E-state index is 12.8. The molecule has 382 valence electrons. The summed E-state index contributed by atoms with van der Waals surface area (Å²) in [5.74, 6) is -0.878. The van der Waals surface area contributed by atoms with Crippen LogP contribution in [-0.4, -0.2) is 37.2 Å². The summed E-state index contributed by atoms with van der Waals surface area (Å²) < 4.78 is 16.8. The first-order chi connectivity index (χ1) is 32.5. The lowest BCUT2D eigenvalue weighted by molar-refractivity contribution is -0.167. The highest BCUT2D eigenvalue weighted by Gasteiger charge is 2.19. The fourth-order valence-electron chi connectivity index (χ4n) is 8.00. The minimum Gasteiger partial charge on any atom is -0.462 e. The van der Waals surface area contributed by atoms with Crippen LogP contribution < -0.4 is 0 Å². The van der Waals surface area contributed by atoms with E-state index in [9.17, 15) is 14.4 Å². The monoisotopic (exact) mass is 923 g/mol. The van der Waals surface area contributed by atoms with E-state index in [1.54, 1.807) is 0 Å². The third-order valence-electron chi connectivity index (χ3n) is 12.3. The topological polar surface area (TPSA) is 78.9 Å². The van der Waals surface area contributed by atoms with Gasteiger partial charge in [-0.15, -0.1) is 0 Å². The lowest BCUT2D eigenvalue weighted by Gasteiger charge is -2.18. The van der Waals surface area contributed by atoms with Gasteiger partial charge in [-0.3, -0.25) is 14.4 Å². The fraction of sp³-hybridized carbons (Fsp3) is 0.783. The van der Waals surface area contributed by atoms with Gasteiger partial charge in [0, 0.05) is 19.3 Å². The van der Waals surface area contributed by atoms with Gasteiger partial charge in [-0.1, -0.05) is 248 Å². The lowest BCUT2D eigenvalue weighted by atomic mass is 10.0. The van der Waals surface area contributed by atoms with Crippen molar-refractivity contribution in [2.45, 2.75) is 290 Å². The van der Waals surface area contributed by atoms with E-state index < -0.39 is 6.10 Å². The molecule has 0 aromatic rings. The Hall–Kier alpha value is -2.89. The van der Waals surface area contributed by atoms with E-state index in [2.05, 4.69) is 81.5 Å². The standard InChI is InChI=1S/C60H106O6/c1-4-7-10-13-16-19-22-23-24-25-26-27-28-29-30-31-32-33-34-35-36-37-39-41-44-47-50-53-59(62)65-56-57(55-64-58(61)52-49-46-43-40-21-18-15-12-9-6-3)66-60(63)54-51-48-45-42-38-20-17-14-11-8-5-2/h7,10,14,16-17,19,23-24,26-27,57H,4-6,8-9,11-13,15,18,20-22,25,28-56H2,1-3H3/b10-7-,17-14-,19-16-,24-23-,27-26-. The predicted octanol–water partition coefficient (Wildman–Crippen LogP) is 18.8. The van der Waals surface area contributed by atoms with Crippen molar-refractivity contribution in [1.29, 1.82) is 0 Å². The molecule has 0 fully saturated rings. The zero-order chi connectivity index (χ0) is 47.9. The summed E-state index contributed by atoms with van der Waals surface area (Å²) in [4.78, 5) is 37.9. The SMILES string of the molecule is CC/C=C\C/C=C\C/C=C\C/C=C\CCCCCCCCCCCCCCCCC(=O)OCC(COC(=O)CCCCCCCCCCCC)OC(=O)CCCCCCC/C=C\CCCC. The van der Waals surface area contributed by atoms with Crippen LogP contribution in [0.2, 0.25) is 0 Å². The molecule has 6 heteroatoms. The van der Waals surface area contributed by atoms with Crippen LogP contribution in [0.15, 0.2) is 60.8 Å². The Balaban J connectivity index is 4.13. The summed E-state index contributed by atoms with van der Waals surface area (Å²) in [6.45, 7) is 6.49.